The van der Waals surface area contributed by atoms with E-state index in [1.54, 1.807) is 0 Å². The van der Waals surface area contributed by atoms with Crippen LogP contribution in [0.4, 0.5) is 0 Å². The monoisotopic (exact) mass is 418 g/mol. The smallest absolute Gasteiger partial charge is 0.255 e. The largest absolute Gasteiger partial charge is 0.350 e. The van der Waals surface area contributed by atoms with E-state index in [9.17, 15) is 13.2 Å². The van der Waals surface area contributed by atoms with Crippen molar-refractivity contribution in [3.63, 3.8) is 0 Å². The molecule has 0 radical (unpaired) electrons. The minimum absolute atomic E-state index is 0.209. The molecule has 2 aromatic rings. The summed E-state index contributed by atoms with van der Waals surface area (Å²) in [7, 11) is -3.36. The van der Waals surface area contributed by atoms with Crippen LogP contribution in [-0.4, -0.2) is 42.4 Å². The van der Waals surface area contributed by atoms with Gasteiger partial charge in [-0.15, -0.1) is 0 Å². The Kier molecular flexibility index (Phi) is 6.43. The third kappa shape index (κ3) is 5.45. The van der Waals surface area contributed by atoms with Crippen molar-refractivity contribution in [2.24, 2.45) is 0 Å². The third-order valence-electron chi connectivity index (χ3n) is 5.58. The van der Waals surface area contributed by atoms with Crippen LogP contribution in [-0.2, 0) is 16.6 Å². The summed E-state index contributed by atoms with van der Waals surface area (Å²) >= 11 is 0. The number of hydrogen-bond donors (Lipinski definition) is 2. The molecule has 2 N–H and O–H groups in total. The van der Waals surface area contributed by atoms with Gasteiger partial charge in [-0.1, -0.05) is 49.6 Å². The molecule has 29 heavy (non-hydrogen) atoms. The standard InChI is InChI=1S/C21H30N4O3S/c1-16-19(17(2)25(23-16)14-18-10-6-4-7-11-18)20(26)22-15-21(24-29(3,27)28)12-8-5-9-13-21/h4,6-7,10-11,24H,5,8-9,12-15H2,1-3H3,(H,22,26). The molecule has 0 unspecified atom stereocenters. The first kappa shape index (κ1) is 21.5. The number of rotatable bonds is 7. The molecule has 7 nitrogen and oxygen atoms in total. The van der Waals surface area contributed by atoms with Crippen LogP contribution in [0.2, 0.25) is 0 Å². The first-order valence-electron chi connectivity index (χ1n) is 10.0. The third-order valence-corrected chi connectivity index (χ3v) is 6.39. The number of aromatic nitrogens is 2. The summed E-state index contributed by atoms with van der Waals surface area (Å²) < 4.78 is 28.4. The van der Waals surface area contributed by atoms with E-state index in [0.29, 0.717) is 17.8 Å². The van der Waals surface area contributed by atoms with Crippen molar-refractivity contribution in [2.75, 3.05) is 12.8 Å². The van der Waals surface area contributed by atoms with E-state index in [4.69, 9.17) is 0 Å². The highest BCUT2D eigenvalue weighted by Gasteiger charge is 2.35. The van der Waals surface area contributed by atoms with Crippen molar-refractivity contribution in [3.8, 4) is 0 Å². The summed E-state index contributed by atoms with van der Waals surface area (Å²) in [4.78, 5) is 13.0. The molecular formula is C21H30N4O3S. The second-order valence-electron chi connectivity index (χ2n) is 8.09. The van der Waals surface area contributed by atoms with Crippen LogP contribution < -0.4 is 10.0 Å². The molecule has 0 bridgehead atoms. The Labute approximate surface area is 172 Å². The van der Waals surface area contributed by atoms with E-state index in [1.165, 1.54) is 6.26 Å². The molecule has 0 saturated heterocycles. The molecule has 1 aromatic carbocycles. The molecule has 1 aliphatic rings. The van der Waals surface area contributed by atoms with Crippen LogP contribution in [0.1, 0.15) is 59.4 Å². The zero-order valence-electron chi connectivity index (χ0n) is 17.4. The van der Waals surface area contributed by atoms with E-state index in [0.717, 1.165) is 43.4 Å². The molecular weight excluding hydrogens is 388 g/mol. The maximum Gasteiger partial charge on any atom is 0.255 e. The maximum atomic E-state index is 13.0. The van der Waals surface area contributed by atoms with E-state index in [-0.39, 0.29) is 12.5 Å². The molecule has 0 atom stereocenters. The molecule has 0 spiro atoms. The zero-order chi connectivity index (χ0) is 21.1. The number of benzene rings is 1. The Morgan fingerprint density at radius 2 is 1.79 bits per heavy atom. The Morgan fingerprint density at radius 1 is 1.14 bits per heavy atom. The molecule has 1 amide bonds. The number of carbonyl (C=O) groups is 1. The number of nitrogens with zero attached hydrogens (tertiary/aromatic N) is 2. The predicted octanol–water partition coefficient (Wildman–Crippen LogP) is 2.53. The van der Waals surface area contributed by atoms with Gasteiger partial charge in [-0.3, -0.25) is 9.48 Å². The fourth-order valence-electron chi connectivity index (χ4n) is 4.21. The van der Waals surface area contributed by atoms with E-state index >= 15 is 0 Å². The van der Waals surface area contributed by atoms with Gasteiger partial charge in [0.2, 0.25) is 10.0 Å². The number of nitrogens with one attached hydrogen (secondary N) is 2. The van der Waals surface area contributed by atoms with E-state index in [2.05, 4.69) is 15.1 Å². The van der Waals surface area contributed by atoms with Crippen molar-refractivity contribution in [2.45, 2.75) is 58.0 Å². The topological polar surface area (TPSA) is 93.1 Å². The number of amides is 1. The quantitative estimate of drug-likeness (QED) is 0.723. The van der Waals surface area contributed by atoms with E-state index < -0.39 is 15.6 Å². The van der Waals surface area contributed by atoms with Crippen molar-refractivity contribution in [1.29, 1.82) is 0 Å². The first-order valence-corrected chi connectivity index (χ1v) is 11.9. The normalized spacial score (nSPS) is 16.5. The Bertz CT molecular complexity index is 961. The van der Waals surface area contributed by atoms with Crippen LogP contribution in [0.25, 0.3) is 0 Å². The van der Waals surface area contributed by atoms with Gasteiger partial charge in [-0.05, 0) is 32.3 Å². The van der Waals surface area contributed by atoms with Crippen LogP contribution in [0, 0.1) is 13.8 Å². The van der Waals surface area contributed by atoms with Gasteiger partial charge in [0.05, 0.1) is 29.6 Å². The molecule has 1 aliphatic carbocycles. The fraction of sp³-hybridized carbons (Fsp3) is 0.524. The van der Waals surface area contributed by atoms with Gasteiger partial charge < -0.3 is 5.32 Å². The average molecular weight is 419 g/mol. The summed E-state index contributed by atoms with van der Waals surface area (Å²) in [6, 6.07) is 9.98. The molecule has 1 aromatic heterocycles. The molecule has 1 heterocycles. The van der Waals surface area contributed by atoms with Gasteiger partial charge in [-0.2, -0.15) is 5.10 Å². The minimum atomic E-state index is -3.36. The number of carbonyl (C=O) groups excluding carboxylic acids is 1. The lowest BCUT2D eigenvalue weighted by molar-refractivity contribution is 0.0933. The fourth-order valence-corrected chi connectivity index (χ4v) is 5.27. The second kappa shape index (κ2) is 8.67. The lowest BCUT2D eigenvalue weighted by atomic mass is 9.82. The van der Waals surface area contributed by atoms with Crippen LogP contribution in [0.15, 0.2) is 30.3 Å². The summed E-state index contributed by atoms with van der Waals surface area (Å²) in [6.07, 6.45) is 5.62. The van der Waals surface area contributed by atoms with Gasteiger partial charge in [0, 0.05) is 12.2 Å². The first-order chi connectivity index (χ1) is 13.7. The van der Waals surface area contributed by atoms with Crippen molar-refractivity contribution >= 4 is 15.9 Å². The molecule has 3 rings (SSSR count). The van der Waals surface area contributed by atoms with E-state index in [1.807, 2.05) is 48.9 Å². The molecule has 1 fully saturated rings. The Balaban J connectivity index is 1.74. The number of hydrogen-bond acceptors (Lipinski definition) is 4. The zero-order valence-corrected chi connectivity index (χ0v) is 18.2. The molecule has 1 saturated carbocycles. The highest BCUT2D eigenvalue weighted by Crippen LogP contribution is 2.28. The van der Waals surface area contributed by atoms with Crippen LogP contribution in [0.3, 0.4) is 0 Å². The summed E-state index contributed by atoms with van der Waals surface area (Å²) in [5, 5.41) is 7.51. The highest BCUT2D eigenvalue weighted by atomic mass is 32.2. The lowest BCUT2D eigenvalue weighted by Gasteiger charge is -2.37. The molecule has 0 aliphatic heterocycles. The number of sulfonamides is 1. The summed E-state index contributed by atoms with van der Waals surface area (Å²) in [5.41, 5.74) is 2.54. The van der Waals surface area contributed by atoms with Gasteiger partial charge in [0.25, 0.3) is 5.91 Å². The van der Waals surface area contributed by atoms with Gasteiger partial charge in [0.1, 0.15) is 0 Å². The number of aryl methyl sites for hydroxylation is 1. The minimum Gasteiger partial charge on any atom is -0.350 e. The predicted molar refractivity (Wildman–Crippen MR) is 113 cm³/mol. The van der Waals surface area contributed by atoms with Gasteiger partial charge in [-0.25, -0.2) is 13.1 Å². The maximum absolute atomic E-state index is 13.0. The molecule has 158 valence electrons. The summed E-state index contributed by atoms with van der Waals surface area (Å²) in [5.74, 6) is -0.209. The van der Waals surface area contributed by atoms with Crippen LogP contribution >= 0.6 is 0 Å². The van der Waals surface area contributed by atoms with Crippen molar-refractivity contribution in [3.05, 3.63) is 52.8 Å². The SMILES string of the molecule is Cc1nn(Cc2ccccc2)c(C)c1C(=O)NCC1(NS(C)(=O)=O)CCCCC1. The van der Waals surface area contributed by atoms with Gasteiger partial charge in [0.15, 0.2) is 0 Å². The second-order valence-corrected chi connectivity index (χ2v) is 9.84. The van der Waals surface area contributed by atoms with Crippen molar-refractivity contribution in [1.82, 2.24) is 19.8 Å². The average Bonchev–Trinajstić information content (AvgIpc) is 2.93. The lowest BCUT2D eigenvalue weighted by Crippen LogP contribution is -2.56. The summed E-state index contributed by atoms with van der Waals surface area (Å²) in [6.45, 7) is 4.60. The Hall–Kier alpha value is -2.19. The van der Waals surface area contributed by atoms with Gasteiger partial charge >= 0.3 is 0 Å². The Morgan fingerprint density at radius 3 is 2.41 bits per heavy atom. The highest BCUT2D eigenvalue weighted by molar-refractivity contribution is 7.88. The molecule has 8 heteroatoms. The van der Waals surface area contributed by atoms with Crippen molar-refractivity contribution < 1.29 is 13.2 Å². The van der Waals surface area contributed by atoms with Crippen LogP contribution in [0.5, 0.6) is 0 Å².